The molecule has 2 aliphatic rings. The van der Waals surface area contributed by atoms with Crippen LogP contribution in [0.15, 0.2) is 35.2 Å². The molecule has 1 N–H and O–H groups in total. The lowest BCUT2D eigenvalue weighted by Crippen LogP contribution is -2.40. The molecular weight excluding hydrogens is 368 g/mol. The van der Waals surface area contributed by atoms with Gasteiger partial charge in [-0.3, -0.25) is 4.79 Å². The number of carbonyl (C=O) groups excluding carboxylic acids is 1. The van der Waals surface area contributed by atoms with Gasteiger partial charge in [0.25, 0.3) is 0 Å². The molecule has 27 heavy (non-hydrogen) atoms. The summed E-state index contributed by atoms with van der Waals surface area (Å²) in [5.41, 5.74) is 0.463. The lowest BCUT2D eigenvalue weighted by atomic mass is 9.93. The summed E-state index contributed by atoms with van der Waals surface area (Å²) in [5, 5.41) is 2.86. The molecule has 8 heteroatoms. The third kappa shape index (κ3) is 4.69. The van der Waals surface area contributed by atoms with Gasteiger partial charge >= 0.3 is 0 Å². The van der Waals surface area contributed by atoms with Crippen molar-refractivity contribution in [2.75, 3.05) is 38.2 Å². The highest BCUT2D eigenvalue weighted by Crippen LogP contribution is 2.31. The van der Waals surface area contributed by atoms with Crippen molar-refractivity contribution in [1.82, 2.24) is 4.31 Å². The van der Waals surface area contributed by atoms with Gasteiger partial charge in [0.2, 0.25) is 15.9 Å². The SMILES string of the molecule is CCOc1ccc(NC(=O)C2CC=CCC2)cc1S(=O)(=O)N1CCOCC1. The summed E-state index contributed by atoms with van der Waals surface area (Å²) >= 11 is 0. The molecule has 1 aromatic rings. The van der Waals surface area contributed by atoms with E-state index in [1.165, 1.54) is 10.4 Å². The number of nitrogens with zero attached hydrogens (tertiary/aromatic N) is 1. The molecule has 1 aliphatic heterocycles. The van der Waals surface area contributed by atoms with Gasteiger partial charge in [-0.1, -0.05) is 12.2 Å². The summed E-state index contributed by atoms with van der Waals surface area (Å²) in [7, 11) is -3.73. The van der Waals surface area contributed by atoms with Crippen molar-refractivity contribution < 1.29 is 22.7 Å². The Morgan fingerprint density at radius 1 is 1.30 bits per heavy atom. The van der Waals surface area contributed by atoms with Gasteiger partial charge in [0, 0.05) is 24.7 Å². The third-order valence-electron chi connectivity index (χ3n) is 4.74. The van der Waals surface area contributed by atoms with Crippen molar-refractivity contribution >= 4 is 21.6 Å². The summed E-state index contributed by atoms with van der Waals surface area (Å²) < 4.78 is 38.4. The van der Waals surface area contributed by atoms with E-state index in [0.717, 1.165) is 12.8 Å². The van der Waals surface area contributed by atoms with Crippen LogP contribution >= 0.6 is 0 Å². The van der Waals surface area contributed by atoms with Crippen molar-refractivity contribution in [2.45, 2.75) is 31.1 Å². The van der Waals surface area contributed by atoms with Crippen LogP contribution in [0.25, 0.3) is 0 Å². The second kappa shape index (κ2) is 8.86. The standard InChI is InChI=1S/C19H26N2O5S/c1-2-26-17-9-8-16(20-19(22)15-6-4-3-5-7-15)14-18(17)27(23,24)21-10-12-25-13-11-21/h3-4,8-9,14-15H,2,5-7,10-13H2,1H3,(H,20,22). The Morgan fingerprint density at radius 2 is 2.07 bits per heavy atom. The minimum atomic E-state index is -3.73. The Bertz CT molecular complexity index is 800. The van der Waals surface area contributed by atoms with Crippen LogP contribution in [0.4, 0.5) is 5.69 Å². The van der Waals surface area contributed by atoms with Gasteiger partial charge in [0.1, 0.15) is 10.6 Å². The van der Waals surface area contributed by atoms with Gasteiger partial charge in [-0.2, -0.15) is 4.31 Å². The minimum absolute atomic E-state index is 0.0765. The van der Waals surface area contributed by atoms with Crippen LogP contribution in [0.2, 0.25) is 0 Å². The average molecular weight is 394 g/mol. The molecule has 1 heterocycles. The first-order valence-corrected chi connectivity index (χ1v) is 10.8. The number of hydrogen-bond acceptors (Lipinski definition) is 5. The number of anilines is 1. The number of sulfonamides is 1. The number of rotatable bonds is 6. The van der Waals surface area contributed by atoms with Crippen LogP contribution in [-0.2, 0) is 19.6 Å². The van der Waals surface area contributed by atoms with Crippen LogP contribution in [0.5, 0.6) is 5.75 Å². The van der Waals surface area contributed by atoms with Gasteiger partial charge in [0.05, 0.1) is 19.8 Å². The van der Waals surface area contributed by atoms with Crippen molar-refractivity contribution in [3.05, 3.63) is 30.4 Å². The molecule has 1 unspecified atom stereocenters. The summed E-state index contributed by atoms with van der Waals surface area (Å²) in [4.78, 5) is 12.6. The Morgan fingerprint density at radius 3 is 2.74 bits per heavy atom. The molecule has 1 fully saturated rings. The molecular formula is C19H26N2O5S. The molecule has 0 radical (unpaired) electrons. The number of amides is 1. The summed E-state index contributed by atoms with van der Waals surface area (Å²) in [6.07, 6.45) is 6.49. The number of hydrogen-bond donors (Lipinski definition) is 1. The number of benzene rings is 1. The summed E-state index contributed by atoms with van der Waals surface area (Å²) in [6, 6.07) is 4.78. The zero-order valence-electron chi connectivity index (χ0n) is 15.5. The van der Waals surface area contributed by atoms with Crippen LogP contribution < -0.4 is 10.1 Å². The van der Waals surface area contributed by atoms with E-state index >= 15 is 0 Å². The van der Waals surface area contributed by atoms with Gasteiger partial charge in [0.15, 0.2) is 0 Å². The molecule has 1 amide bonds. The molecule has 7 nitrogen and oxygen atoms in total. The molecule has 3 rings (SSSR count). The lowest BCUT2D eigenvalue weighted by molar-refractivity contribution is -0.120. The molecule has 1 aromatic carbocycles. The van der Waals surface area contributed by atoms with E-state index in [0.29, 0.717) is 50.8 Å². The van der Waals surface area contributed by atoms with Gasteiger partial charge in [-0.05, 0) is 44.4 Å². The van der Waals surface area contributed by atoms with Crippen LogP contribution in [-0.4, -0.2) is 51.5 Å². The van der Waals surface area contributed by atoms with E-state index < -0.39 is 10.0 Å². The van der Waals surface area contributed by atoms with Crippen molar-refractivity contribution in [3.63, 3.8) is 0 Å². The quantitative estimate of drug-likeness (QED) is 0.749. The zero-order chi connectivity index (χ0) is 19.3. The molecule has 1 atom stereocenters. The molecule has 0 saturated carbocycles. The first-order chi connectivity index (χ1) is 13.0. The highest BCUT2D eigenvalue weighted by molar-refractivity contribution is 7.89. The fourth-order valence-electron chi connectivity index (χ4n) is 3.26. The fraction of sp³-hybridized carbons (Fsp3) is 0.526. The average Bonchev–Trinajstić information content (AvgIpc) is 2.70. The maximum absolute atomic E-state index is 13.1. The largest absolute Gasteiger partial charge is 0.492 e. The van der Waals surface area contributed by atoms with Gasteiger partial charge in [-0.25, -0.2) is 8.42 Å². The van der Waals surface area contributed by atoms with Crippen molar-refractivity contribution in [3.8, 4) is 5.75 Å². The Labute approximate surface area is 160 Å². The second-order valence-corrected chi connectivity index (χ2v) is 8.49. The second-order valence-electron chi connectivity index (χ2n) is 6.58. The molecule has 1 aliphatic carbocycles. The van der Waals surface area contributed by atoms with Gasteiger partial charge in [-0.15, -0.1) is 0 Å². The van der Waals surface area contributed by atoms with Crippen LogP contribution in [0.1, 0.15) is 26.2 Å². The number of allylic oxidation sites excluding steroid dienone is 2. The monoisotopic (exact) mass is 394 g/mol. The molecule has 0 spiro atoms. The lowest BCUT2D eigenvalue weighted by Gasteiger charge is -2.27. The minimum Gasteiger partial charge on any atom is -0.492 e. The van der Waals surface area contributed by atoms with Crippen molar-refractivity contribution in [2.24, 2.45) is 5.92 Å². The third-order valence-corrected chi connectivity index (χ3v) is 6.66. The van der Waals surface area contributed by atoms with E-state index in [9.17, 15) is 13.2 Å². The summed E-state index contributed by atoms with van der Waals surface area (Å²) in [6.45, 7) is 3.50. The smallest absolute Gasteiger partial charge is 0.246 e. The highest BCUT2D eigenvalue weighted by atomic mass is 32.2. The Balaban J connectivity index is 1.86. The van der Waals surface area contributed by atoms with Gasteiger partial charge < -0.3 is 14.8 Å². The normalized spacial score (nSPS) is 21.0. The van der Waals surface area contributed by atoms with Crippen LogP contribution in [0, 0.1) is 5.92 Å². The molecule has 1 saturated heterocycles. The Kier molecular flexibility index (Phi) is 6.51. The van der Waals surface area contributed by atoms with E-state index in [-0.39, 0.29) is 16.7 Å². The highest BCUT2D eigenvalue weighted by Gasteiger charge is 2.30. The van der Waals surface area contributed by atoms with E-state index in [1.54, 1.807) is 19.1 Å². The van der Waals surface area contributed by atoms with E-state index in [1.807, 2.05) is 6.08 Å². The molecule has 0 aromatic heterocycles. The maximum atomic E-state index is 13.1. The maximum Gasteiger partial charge on any atom is 0.246 e. The zero-order valence-corrected chi connectivity index (χ0v) is 16.3. The number of nitrogens with one attached hydrogen (secondary N) is 1. The van der Waals surface area contributed by atoms with E-state index in [4.69, 9.17) is 9.47 Å². The predicted octanol–water partition coefficient (Wildman–Crippen LogP) is 2.40. The summed E-state index contributed by atoms with van der Waals surface area (Å²) in [5.74, 6) is 0.127. The molecule has 0 bridgehead atoms. The number of morpholine rings is 1. The van der Waals surface area contributed by atoms with E-state index in [2.05, 4.69) is 11.4 Å². The number of carbonyl (C=O) groups is 1. The first-order valence-electron chi connectivity index (χ1n) is 9.33. The fourth-order valence-corrected chi connectivity index (χ4v) is 4.83. The van der Waals surface area contributed by atoms with Crippen molar-refractivity contribution in [1.29, 1.82) is 0 Å². The first kappa shape index (κ1) is 19.9. The number of ether oxygens (including phenoxy) is 2. The van der Waals surface area contributed by atoms with Crippen LogP contribution in [0.3, 0.4) is 0 Å². The molecule has 148 valence electrons. The predicted molar refractivity (Wildman–Crippen MR) is 102 cm³/mol. The topological polar surface area (TPSA) is 84.9 Å². The Hall–Kier alpha value is -1.90.